The predicted octanol–water partition coefficient (Wildman–Crippen LogP) is 1.88. The number of fused-ring (bicyclic) bond motifs is 1. The molecule has 2 rings (SSSR count). The molecule has 0 aliphatic rings. The maximum Gasteiger partial charge on any atom is 0.209 e. The molecule has 0 saturated heterocycles. The van der Waals surface area contributed by atoms with Gasteiger partial charge in [-0.2, -0.15) is 4.52 Å². The number of aryl methyl sites for hydroxylation is 1. The van der Waals surface area contributed by atoms with E-state index in [1.807, 2.05) is 25.5 Å². The van der Waals surface area contributed by atoms with Crippen LogP contribution < -0.4 is 0 Å². The van der Waals surface area contributed by atoms with E-state index in [2.05, 4.69) is 15.1 Å². The molecule has 0 aromatic carbocycles. The Labute approximate surface area is 90.5 Å². The molecule has 14 heavy (non-hydrogen) atoms. The normalized spacial score (nSPS) is 11.1. The van der Waals surface area contributed by atoms with Gasteiger partial charge in [0.25, 0.3) is 0 Å². The Kier molecular flexibility index (Phi) is 2.64. The van der Waals surface area contributed by atoms with Gasteiger partial charge in [-0.1, -0.05) is 23.5 Å². The quantitative estimate of drug-likeness (QED) is 0.578. The van der Waals surface area contributed by atoms with Crippen LogP contribution in [0.2, 0.25) is 0 Å². The smallest absolute Gasteiger partial charge is 0.209 e. The van der Waals surface area contributed by atoms with E-state index >= 15 is 0 Å². The van der Waals surface area contributed by atoms with Crippen LogP contribution in [0.5, 0.6) is 0 Å². The molecule has 0 atom stereocenters. The van der Waals surface area contributed by atoms with Crippen molar-refractivity contribution in [2.75, 3.05) is 12.5 Å². The zero-order valence-electron chi connectivity index (χ0n) is 8.18. The van der Waals surface area contributed by atoms with Crippen LogP contribution in [0.1, 0.15) is 5.69 Å². The Morgan fingerprint density at radius 1 is 1.21 bits per heavy atom. The number of thioether (sulfide) groups is 2. The molecule has 0 spiro atoms. The lowest BCUT2D eigenvalue weighted by molar-refractivity contribution is 0.758. The standard InChI is InChI=1S/C8H10N4S2/c1-5-4-6-10-7(13-2)11-12(6)8(9-5)14-3/h4H,1-3H3. The molecule has 0 saturated carbocycles. The third-order valence-corrected chi connectivity index (χ3v) is 2.94. The van der Waals surface area contributed by atoms with Gasteiger partial charge in [-0.15, -0.1) is 5.10 Å². The van der Waals surface area contributed by atoms with Crippen molar-refractivity contribution in [2.24, 2.45) is 0 Å². The van der Waals surface area contributed by atoms with Crippen molar-refractivity contribution in [3.05, 3.63) is 11.8 Å². The molecule has 2 aromatic rings. The summed E-state index contributed by atoms with van der Waals surface area (Å²) in [6.45, 7) is 1.97. The number of hydrogen-bond donors (Lipinski definition) is 0. The topological polar surface area (TPSA) is 43.1 Å². The summed E-state index contributed by atoms with van der Waals surface area (Å²) in [5.41, 5.74) is 1.84. The van der Waals surface area contributed by atoms with Crippen molar-refractivity contribution in [2.45, 2.75) is 17.2 Å². The van der Waals surface area contributed by atoms with Gasteiger partial charge in [0.15, 0.2) is 10.8 Å². The predicted molar refractivity (Wildman–Crippen MR) is 59.1 cm³/mol. The third-order valence-electron chi connectivity index (χ3n) is 1.77. The minimum Gasteiger partial charge on any atom is -0.228 e. The van der Waals surface area contributed by atoms with E-state index in [1.54, 1.807) is 16.3 Å². The first kappa shape index (κ1) is 9.79. The molecular formula is C8H10N4S2. The van der Waals surface area contributed by atoms with E-state index in [0.29, 0.717) is 0 Å². The van der Waals surface area contributed by atoms with Crippen LogP contribution in [-0.4, -0.2) is 32.1 Å². The molecule has 0 amide bonds. The summed E-state index contributed by atoms with van der Waals surface area (Å²) >= 11 is 3.12. The number of hydrogen-bond acceptors (Lipinski definition) is 5. The molecule has 0 aliphatic carbocycles. The van der Waals surface area contributed by atoms with Gasteiger partial charge in [-0.3, -0.25) is 0 Å². The summed E-state index contributed by atoms with van der Waals surface area (Å²) in [6, 6.07) is 1.94. The Morgan fingerprint density at radius 2 is 2.00 bits per heavy atom. The van der Waals surface area contributed by atoms with Crippen LogP contribution in [0.25, 0.3) is 5.65 Å². The first-order valence-corrected chi connectivity index (χ1v) is 6.52. The van der Waals surface area contributed by atoms with Gasteiger partial charge < -0.3 is 0 Å². The molecule has 0 aliphatic heterocycles. The largest absolute Gasteiger partial charge is 0.228 e. The highest BCUT2D eigenvalue weighted by Crippen LogP contribution is 2.17. The van der Waals surface area contributed by atoms with Gasteiger partial charge in [-0.05, 0) is 19.4 Å². The molecule has 0 radical (unpaired) electrons. The van der Waals surface area contributed by atoms with Crippen LogP contribution in [-0.2, 0) is 0 Å². The lowest BCUT2D eigenvalue weighted by atomic mass is 10.4. The zero-order chi connectivity index (χ0) is 10.1. The molecule has 6 heteroatoms. The number of nitrogens with zero attached hydrogens (tertiary/aromatic N) is 4. The Hall–Kier alpha value is -0.750. The molecule has 2 aromatic heterocycles. The fourth-order valence-corrected chi connectivity index (χ4v) is 2.07. The van der Waals surface area contributed by atoms with E-state index < -0.39 is 0 Å². The second kappa shape index (κ2) is 3.78. The van der Waals surface area contributed by atoms with Gasteiger partial charge in [0.2, 0.25) is 5.16 Å². The average Bonchev–Trinajstić information content (AvgIpc) is 2.59. The second-order valence-corrected chi connectivity index (χ2v) is 4.30. The Balaban J connectivity index is 2.71. The number of rotatable bonds is 2. The van der Waals surface area contributed by atoms with Crippen molar-refractivity contribution in [1.82, 2.24) is 19.6 Å². The summed E-state index contributed by atoms with van der Waals surface area (Å²) in [5.74, 6) is 0. The van der Waals surface area contributed by atoms with Gasteiger partial charge in [0.05, 0.1) is 0 Å². The fraction of sp³-hybridized carbons (Fsp3) is 0.375. The Bertz CT molecular complexity index is 466. The first-order chi connectivity index (χ1) is 6.74. The lowest BCUT2D eigenvalue weighted by Crippen LogP contribution is -1.97. The summed E-state index contributed by atoms with van der Waals surface area (Å²) in [4.78, 5) is 8.74. The summed E-state index contributed by atoms with van der Waals surface area (Å²) < 4.78 is 1.78. The van der Waals surface area contributed by atoms with Gasteiger partial charge in [-0.25, -0.2) is 9.97 Å². The minimum atomic E-state index is 0.785. The number of aromatic nitrogens is 4. The van der Waals surface area contributed by atoms with E-state index in [4.69, 9.17) is 0 Å². The highest BCUT2D eigenvalue weighted by molar-refractivity contribution is 7.98. The van der Waals surface area contributed by atoms with Crippen LogP contribution in [0.4, 0.5) is 0 Å². The van der Waals surface area contributed by atoms with Crippen LogP contribution in [0, 0.1) is 6.92 Å². The third kappa shape index (κ3) is 1.59. The molecule has 0 N–H and O–H groups in total. The average molecular weight is 226 g/mol. The molecule has 0 fully saturated rings. The van der Waals surface area contributed by atoms with E-state index in [1.165, 1.54) is 11.8 Å². The van der Waals surface area contributed by atoms with Crippen molar-refractivity contribution >= 4 is 29.2 Å². The van der Waals surface area contributed by atoms with Crippen LogP contribution >= 0.6 is 23.5 Å². The minimum absolute atomic E-state index is 0.785. The van der Waals surface area contributed by atoms with Crippen LogP contribution in [0.3, 0.4) is 0 Å². The maximum absolute atomic E-state index is 4.38. The van der Waals surface area contributed by atoms with E-state index in [0.717, 1.165) is 21.7 Å². The first-order valence-electron chi connectivity index (χ1n) is 4.07. The van der Waals surface area contributed by atoms with Crippen LogP contribution in [0.15, 0.2) is 16.4 Å². The maximum atomic E-state index is 4.38. The fourth-order valence-electron chi connectivity index (χ4n) is 1.17. The second-order valence-electron chi connectivity index (χ2n) is 2.75. The molecular weight excluding hydrogens is 216 g/mol. The highest BCUT2D eigenvalue weighted by Gasteiger charge is 2.07. The molecule has 0 bridgehead atoms. The summed E-state index contributed by atoms with van der Waals surface area (Å²) in [6.07, 6.45) is 3.95. The monoisotopic (exact) mass is 226 g/mol. The van der Waals surface area contributed by atoms with E-state index in [9.17, 15) is 0 Å². The molecule has 2 heterocycles. The summed E-state index contributed by atoms with van der Waals surface area (Å²) in [7, 11) is 0. The van der Waals surface area contributed by atoms with Crippen molar-refractivity contribution in [1.29, 1.82) is 0 Å². The van der Waals surface area contributed by atoms with Gasteiger partial charge in [0.1, 0.15) is 0 Å². The summed E-state index contributed by atoms with van der Waals surface area (Å²) in [5, 5.41) is 6.00. The molecule has 4 nitrogen and oxygen atoms in total. The van der Waals surface area contributed by atoms with Crippen molar-refractivity contribution < 1.29 is 0 Å². The van der Waals surface area contributed by atoms with Crippen molar-refractivity contribution in [3.8, 4) is 0 Å². The highest BCUT2D eigenvalue weighted by atomic mass is 32.2. The van der Waals surface area contributed by atoms with E-state index in [-0.39, 0.29) is 0 Å². The SMILES string of the molecule is CSc1nc2cc(C)nc(SC)n2n1. The molecule has 0 unspecified atom stereocenters. The zero-order valence-corrected chi connectivity index (χ0v) is 9.82. The van der Waals surface area contributed by atoms with Gasteiger partial charge >= 0.3 is 0 Å². The lowest BCUT2D eigenvalue weighted by Gasteiger charge is -1.99. The van der Waals surface area contributed by atoms with Gasteiger partial charge in [0, 0.05) is 11.8 Å². The molecule has 74 valence electrons. The van der Waals surface area contributed by atoms with Crippen molar-refractivity contribution in [3.63, 3.8) is 0 Å². The Morgan fingerprint density at radius 3 is 2.64 bits per heavy atom.